The molecule has 1 heterocycles. The number of aryl methyl sites for hydroxylation is 1. The summed E-state index contributed by atoms with van der Waals surface area (Å²) in [5.41, 5.74) is 3.42. The summed E-state index contributed by atoms with van der Waals surface area (Å²) in [6.45, 7) is 6.42. The number of hydrogen-bond donors (Lipinski definition) is 1. The molecule has 4 heteroatoms. The quantitative estimate of drug-likeness (QED) is 0.693. The van der Waals surface area contributed by atoms with Gasteiger partial charge in [0.25, 0.3) is 0 Å². The lowest BCUT2D eigenvalue weighted by atomic mass is 9.83. The van der Waals surface area contributed by atoms with E-state index in [2.05, 4.69) is 56.4 Å². The molecule has 2 aromatic rings. The molecule has 0 unspecified atom stereocenters. The monoisotopic (exact) mass is 383 g/mol. The fourth-order valence-electron chi connectivity index (χ4n) is 3.73. The van der Waals surface area contributed by atoms with Gasteiger partial charge in [0, 0.05) is 17.7 Å². The molecule has 0 saturated carbocycles. The summed E-state index contributed by atoms with van der Waals surface area (Å²) in [7, 11) is 0. The third kappa shape index (κ3) is 4.86. The number of rotatable bonds is 7. The minimum atomic E-state index is -0.193. The fraction of sp³-hybridized carbons (Fsp3) is 0.435. The van der Waals surface area contributed by atoms with Crippen molar-refractivity contribution in [2.75, 3.05) is 5.75 Å². The van der Waals surface area contributed by atoms with Crippen molar-refractivity contribution in [3.63, 3.8) is 0 Å². The van der Waals surface area contributed by atoms with Crippen LogP contribution in [0, 0.1) is 6.92 Å². The molecule has 3 nitrogen and oxygen atoms in total. The first-order chi connectivity index (χ1) is 13.0. The van der Waals surface area contributed by atoms with Gasteiger partial charge in [-0.2, -0.15) is 0 Å². The Morgan fingerprint density at radius 2 is 1.96 bits per heavy atom. The third-order valence-corrected chi connectivity index (χ3v) is 6.41. The number of ether oxygens (including phenoxy) is 1. The van der Waals surface area contributed by atoms with E-state index in [1.807, 2.05) is 18.2 Å². The summed E-state index contributed by atoms with van der Waals surface area (Å²) in [4.78, 5) is 12.6. The molecule has 0 saturated heterocycles. The standard InChI is InChI=1S/C23H29NO2S/c1-4-23(5-2)14-20(19-11-6-7-12-21(19)26-23)24-22(25)16-27-15-18-10-8-9-17(3)13-18/h6-13,20H,4-5,14-16H2,1-3H3,(H,24,25)/t20-/m1/s1. The molecule has 3 rings (SSSR count). The number of nitrogens with one attached hydrogen (secondary N) is 1. The third-order valence-electron chi connectivity index (χ3n) is 5.41. The highest BCUT2D eigenvalue weighted by Gasteiger charge is 2.38. The smallest absolute Gasteiger partial charge is 0.230 e. The van der Waals surface area contributed by atoms with E-state index in [0.29, 0.717) is 5.75 Å². The van der Waals surface area contributed by atoms with E-state index in [4.69, 9.17) is 4.74 Å². The Bertz CT molecular complexity index is 785. The van der Waals surface area contributed by atoms with Gasteiger partial charge in [-0.1, -0.05) is 61.9 Å². The van der Waals surface area contributed by atoms with Gasteiger partial charge in [0.2, 0.25) is 5.91 Å². The van der Waals surface area contributed by atoms with E-state index in [1.54, 1.807) is 11.8 Å². The molecule has 0 fully saturated rings. The van der Waals surface area contributed by atoms with Gasteiger partial charge in [-0.3, -0.25) is 4.79 Å². The van der Waals surface area contributed by atoms with Crippen LogP contribution in [0.2, 0.25) is 0 Å². The largest absolute Gasteiger partial charge is 0.487 e. The lowest BCUT2D eigenvalue weighted by molar-refractivity contribution is -0.120. The molecule has 1 aliphatic rings. The SMILES string of the molecule is CCC1(CC)C[C@@H](NC(=O)CSCc2cccc(C)c2)c2ccccc2O1. The van der Waals surface area contributed by atoms with Crippen LogP contribution in [0.4, 0.5) is 0 Å². The van der Waals surface area contributed by atoms with Crippen LogP contribution < -0.4 is 10.1 Å². The molecule has 1 atom stereocenters. The number of fused-ring (bicyclic) bond motifs is 1. The predicted octanol–water partition coefficient (Wildman–Crippen LogP) is 5.43. The van der Waals surface area contributed by atoms with Crippen molar-refractivity contribution in [3.05, 3.63) is 65.2 Å². The topological polar surface area (TPSA) is 38.3 Å². The molecule has 2 aromatic carbocycles. The molecule has 0 bridgehead atoms. The van der Waals surface area contributed by atoms with Crippen LogP contribution in [0.5, 0.6) is 5.75 Å². The first-order valence-electron chi connectivity index (χ1n) is 9.76. The Morgan fingerprint density at radius 3 is 2.70 bits per heavy atom. The van der Waals surface area contributed by atoms with Crippen LogP contribution in [0.15, 0.2) is 48.5 Å². The maximum atomic E-state index is 12.6. The molecule has 1 aliphatic heterocycles. The molecule has 0 radical (unpaired) electrons. The number of amides is 1. The van der Waals surface area contributed by atoms with Crippen LogP contribution in [-0.4, -0.2) is 17.3 Å². The average molecular weight is 384 g/mol. The molecule has 1 N–H and O–H groups in total. The van der Waals surface area contributed by atoms with Crippen molar-refractivity contribution in [2.45, 2.75) is 57.4 Å². The van der Waals surface area contributed by atoms with E-state index in [0.717, 1.165) is 36.3 Å². The summed E-state index contributed by atoms with van der Waals surface area (Å²) in [6.07, 6.45) is 2.70. The number of para-hydroxylation sites is 1. The Labute approximate surface area is 166 Å². The van der Waals surface area contributed by atoms with Crippen LogP contribution in [0.25, 0.3) is 0 Å². The van der Waals surface area contributed by atoms with Crippen molar-refractivity contribution < 1.29 is 9.53 Å². The summed E-state index contributed by atoms with van der Waals surface area (Å²) in [6, 6.07) is 16.6. The van der Waals surface area contributed by atoms with Crippen LogP contribution in [0.1, 0.15) is 55.8 Å². The van der Waals surface area contributed by atoms with Crippen molar-refractivity contribution >= 4 is 17.7 Å². The minimum absolute atomic E-state index is 0.0157. The van der Waals surface area contributed by atoms with Gasteiger partial charge >= 0.3 is 0 Å². The van der Waals surface area contributed by atoms with Crippen LogP contribution >= 0.6 is 11.8 Å². The number of hydrogen-bond acceptors (Lipinski definition) is 3. The van der Waals surface area contributed by atoms with Gasteiger partial charge in [0.05, 0.1) is 11.8 Å². The Kier molecular flexibility index (Phi) is 6.48. The molecule has 27 heavy (non-hydrogen) atoms. The Hall–Kier alpha value is -1.94. The van der Waals surface area contributed by atoms with Gasteiger partial charge < -0.3 is 10.1 Å². The Morgan fingerprint density at radius 1 is 1.19 bits per heavy atom. The number of thioether (sulfide) groups is 1. The van der Waals surface area contributed by atoms with Crippen LogP contribution in [-0.2, 0) is 10.5 Å². The molecular formula is C23H29NO2S. The van der Waals surface area contributed by atoms with Gasteiger partial charge in [-0.25, -0.2) is 0 Å². The zero-order chi connectivity index (χ0) is 19.3. The lowest BCUT2D eigenvalue weighted by Crippen LogP contribution is -2.44. The highest BCUT2D eigenvalue weighted by molar-refractivity contribution is 7.99. The van der Waals surface area contributed by atoms with Crippen molar-refractivity contribution in [3.8, 4) is 5.75 Å². The van der Waals surface area contributed by atoms with Crippen molar-refractivity contribution in [1.82, 2.24) is 5.32 Å². The summed E-state index contributed by atoms with van der Waals surface area (Å²) in [5.74, 6) is 2.33. The second-order valence-electron chi connectivity index (χ2n) is 7.34. The molecule has 0 aliphatic carbocycles. The number of carbonyl (C=O) groups is 1. The average Bonchev–Trinajstić information content (AvgIpc) is 2.68. The van der Waals surface area contributed by atoms with Gasteiger partial charge in [-0.05, 0) is 31.4 Å². The second kappa shape index (κ2) is 8.83. The molecule has 0 aromatic heterocycles. The van der Waals surface area contributed by atoms with E-state index in [-0.39, 0.29) is 17.6 Å². The van der Waals surface area contributed by atoms with Gasteiger partial charge in [0.1, 0.15) is 11.4 Å². The maximum absolute atomic E-state index is 12.6. The first kappa shape index (κ1) is 19.8. The second-order valence-corrected chi connectivity index (χ2v) is 8.32. The van der Waals surface area contributed by atoms with E-state index >= 15 is 0 Å². The summed E-state index contributed by atoms with van der Waals surface area (Å²) >= 11 is 1.66. The molecule has 0 spiro atoms. The number of benzene rings is 2. The maximum Gasteiger partial charge on any atom is 0.230 e. The lowest BCUT2D eigenvalue weighted by Gasteiger charge is -2.41. The predicted molar refractivity (Wildman–Crippen MR) is 113 cm³/mol. The molecule has 144 valence electrons. The summed E-state index contributed by atoms with van der Waals surface area (Å²) < 4.78 is 6.32. The van der Waals surface area contributed by atoms with E-state index in [9.17, 15) is 4.79 Å². The highest BCUT2D eigenvalue weighted by atomic mass is 32.2. The minimum Gasteiger partial charge on any atom is -0.487 e. The van der Waals surface area contributed by atoms with E-state index < -0.39 is 0 Å². The zero-order valence-electron chi connectivity index (χ0n) is 16.5. The molecule has 1 amide bonds. The zero-order valence-corrected chi connectivity index (χ0v) is 17.3. The van der Waals surface area contributed by atoms with E-state index in [1.165, 1.54) is 11.1 Å². The first-order valence-corrected chi connectivity index (χ1v) is 10.9. The van der Waals surface area contributed by atoms with Crippen LogP contribution in [0.3, 0.4) is 0 Å². The highest BCUT2D eigenvalue weighted by Crippen LogP contribution is 2.42. The van der Waals surface area contributed by atoms with Crippen molar-refractivity contribution in [1.29, 1.82) is 0 Å². The normalized spacial score (nSPS) is 17.7. The number of carbonyl (C=O) groups excluding carboxylic acids is 1. The van der Waals surface area contributed by atoms with Crippen molar-refractivity contribution in [2.24, 2.45) is 0 Å². The summed E-state index contributed by atoms with van der Waals surface area (Å²) in [5, 5.41) is 3.26. The fourth-order valence-corrected chi connectivity index (χ4v) is 4.52. The Balaban J connectivity index is 1.62. The molecular weight excluding hydrogens is 354 g/mol. The van der Waals surface area contributed by atoms with Gasteiger partial charge in [-0.15, -0.1) is 11.8 Å². The van der Waals surface area contributed by atoms with Gasteiger partial charge in [0.15, 0.2) is 0 Å².